The van der Waals surface area contributed by atoms with Gasteiger partial charge in [0.1, 0.15) is 10.6 Å². The largest absolute Gasteiger partial charge is 0.495 e. The molecule has 0 heterocycles. The number of sulfonamides is 1. The smallest absolute Gasteiger partial charge is 0.280 e. The van der Waals surface area contributed by atoms with Gasteiger partial charge in [-0.25, -0.2) is 0 Å². The first-order valence-corrected chi connectivity index (χ1v) is 11.6. The van der Waals surface area contributed by atoms with Gasteiger partial charge in [-0.05, 0) is 55.3 Å². The third-order valence-electron chi connectivity index (χ3n) is 4.07. The fourth-order valence-electron chi connectivity index (χ4n) is 2.61. The molecule has 2 aromatic carbocycles. The Hall–Kier alpha value is -2.45. The number of hydrazone groups is 1. The molecule has 9 heteroatoms. The topological polar surface area (TPSA) is 86.2 Å². The standard InChI is InChI=1S/C21H27ClN2O5S/c1-4-6-7-12-29-18-10-8-16(13-20(18)28-5-2)15-23-24-30(25,26)21-14-17(22)9-11-19(21)27-3/h8-11,13-15,24H,4-7,12H2,1-3H3/b23-15+. The van der Waals surface area contributed by atoms with Crippen molar-refractivity contribution in [3.63, 3.8) is 0 Å². The highest BCUT2D eigenvalue weighted by Crippen LogP contribution is 2.29. The number of hydrogen-bond donors (Lipinski definition) is 1. The van der Waals surface area contributed by atoms with Crippen LogP contribution < -0.4 is 19.0 Å². The van der Waals surface area contributed by atoms with Crippen molar-refractivity contribution in [3.8, 4) is 17.2 Å². The van der Waals surface area contributed by atoms with Gasteiger partial charge in [-0.1, -0.05) is 31.4 Å². The van der Waals surface area contributed by atoms with Crippen molar-refractivity contribution in [1.29, 1.82) is 0 Å². The van der Waals surface area contributed by atoms with Crippen molar-refractivity contribution in [2.45, 2.75) is 38.0 Å². The van der Waals surface area contributed by atoms with Gasteiger partial charge in [0.2, 0.25) is 0 Å². The Morgan fingerprint density at radius 2 is 1.80 bits per heavy atom. The highest BCUT2D eigenvalue weighted by Gasteiger charge is 2.19. The van der Waals surface area contributed by atoms with Gasteiger partial charge in [0, 0.05) is 5.02 Å². The van der Waals surface area contributed by atoms with E-state index in [1.165, 1.54) is 25.5 Å². The second-order valence-electron chi connectivity index (χ2n) is 6.34. The second-order valence-corrected chi connectivity index (χ2v) is 8.41. The van der Waals surface area contributed by atoms with Gasteiger partial charge in [-0.15, -0.1) is 0 Å². The van der Waals surface area contributed by atoms with Crippen LogP contribution in [-0.4, -0.2) is 35.0 Å². The number of nitrogens with one attached hydrogen (secondary N) is 1. The number of methoxy groups -OCH3 is 1. The van der Waals surface area contributed by atoms with Gasteiger partial charge in [-0.2, -0.15) is 18.4 Å². The Bertz CT molecular complexity index is 964. The maximum atomic E-state index is 12.5. The zero-order valence-corrected chi connectivity index (χ0v) is 18.9. The molecule has 7 nitrogen and oxygen atoms in total. The molecular formula is C21H27ClN2O5S. The zero-order valence-electron chi connectivity index (χ0n) is 17.4. The molecule has 0 aliphatic heterocycles. The van der Waals surface area contributed by atoms with Crippen molar-refractivity contribution in [2.75, 3.05) is 20.3 Å². The number of unbranched alkanes of at least 4 members (excludes halogenated alkanes) is 2. The van der Waals surface area contributed by atoms with Crippen LogP contribution in [0.4, 0.5) is 0 Å². The van der Waals surface area contributed by atoms with Crippen LogP contribution in [0.5, 0.6) is 17.2 Å². The first-order chi connectivity index (χ1) is 14.4. The predicted octanol–water partition coefficient (Wildman–Crippen LogP) is 4.63. The number of benzene rings is 2. The molecule has 2 rings (SSSR count). The summed E-state index contributed by atoms with van der Waals surface area (Å²) in [4.78, 5) is 2.07. The third kappa shape index (κ3) is 6.81. The molecule has 0 unspecified atom stereocenters. The van der Waals surface area contributed by atoms with Crippen LogP contribution in [0.3, 0.4) is 0 Å². The van der Waals surface area contributed by atoms with E-state index in [0.29, 0.717) is 30.3 Å². The molecule has 0 atom stereocenters. The fraction of sp³-hybridized carbons (Fsp3) is 0.381. The molecule has 0 saturated carbocycles. The minimum atomic E-state index is -3.96. The minimum absolute atomic E-state index is 0.0968. The summed E-state index contributed by atoms with van der Waals surface area (Å²) in [5, 5.41) is 4.13. The Balaban J connectivity index is 2.13. The first kappa shape index (κ1) is 23.8. The van der Waals surface area contributed by atoms with Crippen molar-refractivity contribution in [3.05, 3.63) is 47.0 Å². The highest BCUT2D eigenvalue weighted by molar-refractivity contribution is 7.89. The Labute approximate surface area is 183 Å². The fourth-order valence-corrected chi connectivity index (χ4v) is 3.83. The summed E-state index contributed by atoms with van der Waals surface area (Å²) in [6, 6.07) is 9.63. The molecule has 2 aromatic rings. The molecule has 30 heavy (non-hydrogen) atoms. The average molecular weight is 455 g/mol. The van der Waals surface area contributed by atoms with E-state index in [-0.39, 0.29) is 15.7 Å². The van der Waals surface area contributed by atoms with E-state index in [1.807, 2.05) is 6.92 Å². The molecule has 1 N–H and O–H groups in total. The highest BCUT2D eigenvalue weighted by atomic mass is 35.5. The minimum Gasteiger partial charge on any atom is -0.495 e. The van der Waals surface area contributed by atoms with Crippen LogP contribution in [0.25, 0.3) is 0 Å². The van der Waals surface area contributed by atoms with Gasteiger partial charge >= 0.3 is 0 Å². The molecule has 0 radical (unpaired) electrons. The van der Waals surface area contributed by atoms with Gasteiger partial charge in [-0.3, -0.25) is 0 Å². The van der Waals surface area contributed by atoms with E-state index < -0.39 is 10.0 Å². The van der Waals surface area contributed by atoms with E-state index in [1.54, 1.807) is 24.3 Å². The predicted molar refractivity (Wildman–Crippen MR) is 119 cm³/mol. The lowest BCUT2D eigenvalue weighted by Crippen LogP contribution is -2.19. The van der Waals surface area contributed by atoms with Gasteiger partial charge in [0.25, 0.3) is 10.0 Å². The summed E-state index contributed by atoms with van der Waals surface area (Å²) in [5.41, 5.74) is 0.653. The molecule has 0 fully saturated rings. The summed E-state index contributed by atoms with van der Waals surface area (Å²) in [7, 11) is -2.57. The van der Waals surface area contributed by atoms with Crippen molar-refractivity contribution >= 4 is 27.8 Å². The first-order valence-electron chi connectivity index (χ1n) is 9.69. The molecule has 164 valence electrons. The van der Waals surface area contributed by atoms with E-state index >= 15 is 0 Å². The van der Waals surface area contributed by atoms with Crippen LogP contribution in [0, 0.1) is 0 Å². The lowest BCUT2D eigenvalue weighted by Gasteiger charge is -2.12. The monoisotopic (exact) mass is 454 g/mol. The molecule has 0 aliphatic rings. The molecular weight excluding hydrogens is 428 g/mol. The summed E-state index contributed by atoms with van der Waals surface area (Å²) < 4.78 is 41.6. The molecule has 0 aromatic heterocycles. The van der Waals surface area contributed by atoms with Gasteiger partial charge in [0.05, 0.1) is 26.5 Å². The van der Waals surface area contributed by atoms with Gasteiger partial charge < -0.3 is 14.2 Å². The van der Waals surface area contributed by atoms with Crippen molar-refractivity contribution in [1.82, 2.24) is 4.83 Å². The van der Waals surface area contributed by atoms with E-state index in [0.717, 1.165) is 19.3 Å². The maximum absolute atomic E-state index is 12.5. The Morgan fingerprint density at radius 1 is 1.03 bits per heavy atom. The number of nitrogens with zero attached hydrogens (tertiary/aromatic N) is 1. The van der Waals surface area contributed by atoms with Crippen LogP contribution in [0.2, 0.25) is 5.02 Å². The summed E-state index contributed by atoms with van der Waals surface area (Å²) in [5.74, 6) is 1.40. The van der Waals surface area contributed by atoms with Crippen LogP contribution in [0.1, 0.15) is 38.7 Å². The molecule has 0 amide bonds. The molecule has 0 bridgehead atoms. The molecule has 0 saturated heterocycles. The average Bonchev–Trinajstić information content (AvgIpc) is 2.72. The normalized spacial score (nSPS) is 11.5. The number of ether oxygens (including phenoxy) is 3. The lowest BCUT2D eigenvalue weighted by molar-refractivity contribution is 0.271. The molecule has 0 aliphatic carbocycles. The van der Waals surface area contributed by atoms with Crippen LogP contribution >= 0.6 is 11.6 Å². The second kappa shape index (κ2) is 11.7. The van der Waals surface area contributed by atoms with Gasteiger partial charge in [0.15, 0.2) is 11.5 Å². The quantitative estimate of drug-likeness (QED) is 0.287. The Kier molecular flexibility index (Phi) is 9.26. The number of halogens is 1. The number of hydrogen-bond acceptors (Lipinski definition) is 6. The third-order valence-corrected chi connectivity index (χ3v) is 5.55. The van der Waals surface area contributed by atoms with Crippen molar-refractivity contribution < 1.29 is 22.6 Å². The van der Waals surface area contributed by atoms with E-state index in [9.17, 15) is 8.42 Å². The van der Waals surface area contributed by atoms with Crippen LogP contribution in [-0.2, 0) is 10.0 Å². The van der Waals surface area contributed by atoms with Crippen LogP contribution in [0.15, 0.2) is 46.4 Å². The van der Waals surface area contributed by atoms with E-state index in [2.05, 4.69) is 16.9 Å². The SMILES string of the molecule is CCCCCOc1ccc(/C=N/NS(=O)(=O)c2cc(Cl)ccc2OC)cc1OCC. The summed E-state index contributed by atoms with van der Waals surface area (Å²) in [6.45, 7) is 5.11. The summed E-state index contributed by atoms with van der Waals surface area (Å²) in [6.07, 6.45) is 4.58. The van der Waals surface area contributed by atoms with Crippen molar-refractivity contribution in [2.24, 2.45) is 5.10 Å². The van der Waals surface area contributed by atoms with E-state index in [4.69, 9.17) is 25.8 Å². The summed E-state index contributed by atoms with van der Waals surface area (Å²) >= 11 is 5.91. The lowest BCUT2D eigenvalue weighted by atomic mass is 10.2. The maximum Gasteiger partial charge on any atom is 0.280 e. The number of rotatable bonds is 12. The zero-order chi connectivity index (χ0) is 22.0. The molecule has 0 spiro atoms. The Morgan fingerprint density at radius 3 is 2.50 bits per heavy atom.